The molecule has 144 valence electrons. The maximum absolute atomic E-state index is 11.2. The number of benzene rings is 1. The van der Waals surface area contributed by atoms with Crippen LogP contribution in [0.4, 0.5) is 11.5 Å². The highest BCUT2D eigenvalue weighted by atomic mass is 79.9. The molecule has 1 saturated heterocycles. The van der Waals surface area contributed by atoms with Crippen molar-refractivity contribution in [2.24, 2.45) is 0 Å². The van der Waals surface area contributed by atoms with Crippen LogP contribution in [-0.2, 0) is 4.74 Å². The number of hydrogen-bond acceptors (Lipinski definition) is 6. The third-order valence-corrected chi connectivity index (χ3v) is 5.01. The van der Waals surface area contributed by atoms with Crippen LogP contribution in [0.1, 0.15) is 23.2 Å². The SMILES string of the molecule is Nc1cccc(OCCOC2CCCN(c3cc(C(=O)O)ccc3Br)C2)n1. The summed E-state index contributed by atoms with van der Waals surface area (Å²) < 4.78 is 12.4. The molecular weight excluding hydrogens is 414 g/mol. The fraction of sp³-hybridized carbons (Fsp3) is 0.368. The molecule has 1 aliphatic heterocycles. The number of piperidine rings is 1. The third-order valence-electron chi connectivity index (χ3n) is 4.34. The Bertz CT molecular complexity index is 802. The maximum Gasteiger partial charge on any atom is 0.335 e. The number of rotatable bonds is 7. The number of carboxylic acid groups (broad SMARTS) is 1. The number of pyridine rings is 1. The molecule has 0 saturated carbocycles. The van der Waals surface area contributed by atoms with Crippen LogP contribution in [0, 0.1) is 0 Å². The van der Waals surface area contributed by atoms with E-state index in [4.69, 9.17) is 15.2 Å². The summed E-state index contributed by atoms with van der Waals surface area (Å²) in [5, 5.41) is 9.22. The highest BCUT2D eigenvalue weighted by molar-refractivity contribution is 9.10. The molecule has 1 unspecified atom stereocenters. The largest absolute Gasteiger partial charge is 0.478 e. The Kier molecular flexibility index (Phi) is 6.52. The number of nitrogens with two attached hydrogens (primary N) is 1. The molecule has 0 spiro atoms. The van der Waals surface area contributed by atoms with Gasteiger partial charge in [0, 0.05) is 23.6 Å². The van der Waals surface area contributed by atoms with E-state index in [0.29, 0.717) is 31.5 Å². The Hall–Kier alpha value is -2.32. The Balaban J connectivity index is 1.52. The summed E-state index contributed by atoms with van der Waals surface area (Å²) in [6.07, 6.45) is 2.01. The van der Waals surface area contributed by atoms with Crippen molar-refractivity contribution in [3.63, 3.8) is 0 Å². The molecule has 3 N–H and O–H groups in total. The van der Waals surface area contributed by atoms with Gasteiger partial charge in [-0.15, -0.1) is 0 Å². The van der Waals surface area contributed by atoms with E-state index >= 15 is 0 Å². The second-order valence-electron chi connectivity index (χ2n) is 6.30. The number of nitrogen functional groups attached to an aromatic ring is 1. The van der Waals surface area contributed by atoms with Gasteiger partial charge in [0.25, 0.3) is 0 Å². The predicted octanol–water partition coefficient (Wildman–Crippen LogP) is 3.19. The number of carboxylic acids is 1. The summed E-state index contributed by atoms with van der Waals surface area (Å²) in [5.74, 6) is -0.0235. The molecule has 1 aromatic heterocycles. The molecule has 0 bridgehead atoms. The van der Waals surface area contributed by atoms with Crippen LogP contribution < -0.4 is 15.4 Å². The Labute approximate surface area is 166 Å². The average molecular weight is 436 g/mol. The van der Waals surface area contributed by atoms with Crippen LogP contribution in [0.5, 0.6) is 5.88 Å². The van der Waals surface area contributed by atoms with Crippen molar-refractivity contribution in [2.45, 2.75) is 18.9 Å². The zero-order valence-corrected chi connectivity index (χ0v) is 16.4. The first-order valence-corrected chi connectivity index (χ1v) is 9.57. The molecular formula is C19H22BrN3O4. The molecule has 1 fully saturated rings. The monoisotopic (exact) mass is 435 g/mol. The van der Waals surface area contributed by atoms with Gasteiger partial charge in [0.1, 0.15) is 12.4 Å². The first-order valence-electron chi connectivity index (χ1n) is 8.77. The van der Waals surface area contributed by atoms with Crippen LogP contribution in [0.15, 0.2) is 40.9 Å². The van der Waals surface area contributed by atoms with E-state index in [1.165, 1.54) is 0 Å². The second kappa shape index (κ2) is 9.05. The molecule has 1 aromatic carbocycles. The van der Waals surface area contributed by atoms with Gasteiger partial charge in [-0.25, -0.2) is 4.79 Å². The molecule has 7 nitrogen and oxygen atoms in total. The quantitative estimate of drug-likeness (QED) is 0.644. The van der Waals surface area contributed by atoms with E-state index in [2.05, 4.69) is 25.8 Å². The number of aromatic carboxylic acids is 1. The summed E-state index contributed by atoms with van der Waals surface area (Å²) in [7, 11) is 0. The van der Waals surface area contributed by atoms with Crippen LogP contribution in [0.2, 0.25) is 0 Å². The van der Waals surface area contributed by atoms with E-state index in [1.807, 2.05) is 0 Å². The van der Waals surface area contributed by atoms with Gasteiger partial charge < -0.3 is 25.2 Å². The smallest absolute Gasteiger partial charge is 0.335 e. The van der Waals surface area contributed by atoms with E-state index in [1.54, 1.807) is 36.4 Å². The minimum atomic E-state index is -0.930. The molecule has 2 aromatic rings. The summed E-state index contributed by atoms with van der Waals surface area (Å²) in [5.41, 5.74) is 6.78. The number of ether oxygens (including phenoxy) is 2. The van der Waals surface area contributed by atoms with Gasteiger partial charge in [-0.2, -0.15) is 4.98 Å². The lowest BCUT2D eigenvalue weighted by Gasteiger charge is -2.35. The topological polar surface area (TPSA) is 97.9 Å². The molecule has 27 heavy (non-hydrogen) atoms. The van der Waals surface area contributed by atoms with Crippen molar-refractivity contribution >= 4 is 33.4 Å². The minimum Gasteiger partial charge on any atom is -0.478 e. The number of aromatic nitrogens is 1. The van der Waals surface area contributed by atoms with Gasteiger partial charge in [-0.05, 0) is 53.0 Å². The van der Waals surface area contributed by atoms with Gasteiger partial charge in [0.05, 0.1) is 24.0 Å². The molecule has 3 rings (SSSR count). The van der Waals surface area contributed by atoms with Crippen LogP contribution >= 0.6 is 15.9 Å². The van der Waals surface area contributed by atoms with E-state index in [9.17, 15) is 9.90 Å². The van der Waals surface area contributed by atoms with Gasteiger partial charge in [-0.3, -0.25) is 0 Å². The average Bonchev–Trinajstić information content (AvgIpc) is 2.66. The standard InChI is InChI=1S/C19H22BrN3O4/c20-15-7-6-13(19(24)25)11-16(15)23-8-2-3-14(12-23)26-9-10-27-18-5-1-4-17(21)22-18/h1,4-7,11,14H,2-3,8-10,12H2,(H2,21,22)(H,24,25). The minimum absolute atomic E-state index is 0.0662. The molecule has 2 heterocycles. The van der Waals surface area contributed by atoms with Crippen molar-refractivity contribution in [3.8, 4) is 5.88 Å². The van der Waals surface area contributed by atoms with E-state index in [0.717, 1.165) is 29.5 Å². The van der Waals surface area contributed by atoms with Crippen molar-refractivity contribution in [1.82, 2.24) is 4.98 Å². The van der Waals surface area contributed by atoms with Crippen molar-refractivity contribution in [1.29, 1.82) is 0 Å². The summed E-state index contributed by atoms with van der Waals surface area (Å²) in [6.45, 7) is 2.42. The van der Waals surface area contributed by atoms with Crippen LogP contribution in [0.25, 0.3) is 0 Å². The maximum atomic E-state index is 11.2. The predicted molar refractivity (Wildman–Crippen MR) is 106 cm³/mol. The number of halogens is 1. The highest BCUT2D eigenvalue weighted by Crippen LogP contribution is 2.30. The molecule has 8 heteroatoms. The van der Waals surface area contributed by atoms with Crippen molar-refractivity contribution in [2.75, 3.05) is 36.9 Å². The highest BCUT2D eigenvalue weighted by Gasteiger charge is 2.23. The number of nitrogens with zero attached hydrogens (tertiary/aromatic N) is 2. The normalized spacial score (nSPS) is 16.9. The number of anilines is 2. The second-order valence-corrected chi connectivity index (χ2v) is 7.16. The first-order chi connectivity index (χ1) is 13.0. The van der Waals surface area contributed by atoms with Crippen LogP contribution in [-0.4, -0.2) is 48.5 Å². The van der Waals surface area contributed by atoms with Crippen molar-refractivity contribution < 1.29 is 19.4 Å². The molecule has 0 aliphatic carbocycles. The molecule has 0 radical (unpaired) electrons. The fourth-order valence-corrected chi connectivity index (χ4v) is 3.55. The zero-order valence-electron chi connectivity index (χ0n) is 14.8. The lowest BCUT2D eigenvalue weighted by atomic mass is 10.1. The first kappa shape index (κ1) is 19.4. The molecule has 1 aliphatic rings. The fourth-order valence-electron chi connectivity index (χ4n) is 3.05. The third kappa shape index (κ3) is 5.33. The number of carbonyl (C=O) groups is 1. The Morgan fingerprint density at radius 2 is 2.19 bits per heavy atom. The van der Waals surface area contributed by atoms with Gasteiger partial charge in [-0.1, -0.05) is 6.07 Å². The number of hydrogen-bond donors (Lipinski definition) is 2. The lowest BCUT2D eigenvalue weighted by Crippen LogP contribution is -2.40. The summed E-state index contributed by atoms with van der Waals surface area (Å²) in [4.78, 5) is 17.5. The van der Waals surface area contributed by atoms with Crippen LogP contribution in [0.3, 0.4) is 0 Å². The molecule has 0 amide bonds. The Morgan fingerprint density at radius 3 is 2.96 bits per heavy atom. The van der Waals surface area contributed by atoms with E-state index in [-0.39, 0.29) is 11.7 Å². The van der Waals surface area contributed by atoms with Gasteiger partial charge >= 0.3 is 5.97 Å². The summed E-state index contributed by atoms with van der Waals surface area (Å²) >= 11 is 3.52. The Morgan fingerprint density at radius 1 is 1.33 bits per heavy atom. The van der Waals surface area contributed by atoms with Crippen molar-refractivity contribution in [3.05, 3.63) is 46.4 Å². The summed E-state index contributed by atoms with van der Waals surface area (Å²) in [6, 6.07) is 10.3. The van der Waals surface area contributed by atoms with Gasteiger partial charge in [0.2, 0.25) is 5.88 Å². The van der Waals surface area contributed by atoms with E-state index < -0.39 is 5.97 Å². The zero-order chi connectivity index (χ0) is 19.2. The molecule has 1 atom stereocenters. The lowest BCUT2D eigenvalue weighted by molar-refractivity contribution is 0.0253. The van der Waals surface area contributed by atoms with Gasteiger partial charge in [0.15, 0.2) is 0 Å².